The zero-order chi connectivity index (χ0) is 16.5. The van der Waals surface area contributed by atoms with E-state index in [4.69, 9.17) is 4.42 Å². The second-order valence-electron chi connectivity index (χ2n) is 6.25. The summed E-state index contributed by atoms with van der Waals surface area (Å²) in [6.07, 6.45) is 4.40. The van der Waals surface area contributed by atoms with E-state index in [9.17, 15) is 0 Å². The maximum atomic E-state index is 5.79. The number of piperazine rings is 1. The zero-order valence-corrected chi connectivity index (χ0v) is 14.1. The lowest BCUT2D eigenvalue weighted by Crippen LogP contribution is -2.44. The Labute approximate surface area is 140 Å². The zero-order valence-electron chi connectivity index (χ0n) is 14.1. The van der Waals surface area contributed by atoms with E-state index in [0.29, 0.717) is 6.54 Å². The molecule has 1 fully saturated rings. The summed E-state index contributed by atoms with van der Waals surface area (Å²) in [5.41, 5.74) is 0.855. The number of hydrogen-bond donors (Lipinski definition) is 0. The van der Waals surface area contributed by atoms with E-state index in [1.165, 1.54) is 0 Å². The first-order valence-electron chi connectivity index (χ1n) is 8.42. The van der Waals surface area contributed by atoms with Crippen LogP contribution in [0.3, 0.4) is 0 Å². The highest BCUT2D eigenvalue weighted by Crippen LogP contribution is 2.24. The van der Waals surface area contributed by atoms with Crippen LogP contribution in [0.1, 0.15) is 18.4 Å². The van der Waals surface area contributed by atoms with Crippen molar-refractivity contribution in [1.82, 2.24) is 24.6 Å². The van der Waals surface area contributed by atoms with Crippen LogP contribution in [0.25, 0.3) is 11.0 Å². The molecule has 1 aliphatic rings. The highest BCUT2D eigenvalue weighted by molar-refractivity contribution is 5.86. The lowest BCUT2D eigenvalue weighted by molar-refractivity contribution is 0.312. The molecule has 1 aliphatic heterocycles. The van der Waals surface area contributed by atoms with E-state index in [1.54, 1.807) is 6.33 Å². The fourth-order valence-corrected chi connectivity index (χ4v) is 3.11. The van der Waals surface area contributed by atoms with Crippen LogP contribution >= 0.6 is 0 Å². The Morgan fingerprint density at radius 3 is 2.62 bits per heavy atom. The molecule has 0 atom stereocenters. The number of aryl methyl sites for hydroxylation is 1. The standard InChI is InChI=1S/C17H22N6O/c1-3-13-4-5-14(24-13)11-23-17-15(10-20-23)16(18-12-19-17)22-8-6-21(2)7-9-22/h4-5,10,12H,3,6-9,11H2,1-2H3. The van der Waals surface area contributed by atoms with Crippen LogP contribution in [0.2, 0.25) is 0 Å². The molecule has 0 aromatic carbocycles. The van der Waals surface area contributed by atoms with Crippen molar-refractivity contribution in [1.29, 1.82) is 0 Å². The van der Waals surface area contributed by atoms with E-state index in [2.05, 4.69) is 38.8 Å². The summed E-state index contributed by atoms with van der Waals surface area (Å²) in [6, 6.07) is 4.03. The van der Waals surface area contributed by atoms with Crippen LogP contribution in [0.4, 0.5) is 5.82 Å². The van der Waals surface area contributed by atoms with Crippen molar-refractivity contribution >= 4 is 16.9 Å². The highest BCUT2D eigenvalue weighted by Gasteiger charge is 2.19. The minimum absolute atomic E-state index is 0.586. The Hall–Kier alpha value is -2.41. The first-order chi connectivity index (χ1) is 11.7. The van der Waals surface area contributed by atoms with Gasteiger partial charge in [-0.2, -0.15) is 5.10 Å². The van der Waals surface area contributed by atoms with Crippen molar-refractivity contribution in [3.8, 4) is 0 Å². The van der Waals surface area contributed by atoms with Crippen molar-refractivity contribution in [2.24, 2.45) is 0 Å². The van der Waals surface area contributed by atoms with Crippen molar-refractivity contribution in [2.45, 2.75) is 19.9 Å². The predicted molar refractivity (Wildman–Crippen MR) is 92.2 cm³/mol. The fourth-order valence-electron chi connectivity index (χ4n) is 3.11. The Morgan fingerprint density at radius 2 is 1.88 bits per heavy atom. The van der Waals surface area contributed by atoms with Crippen molar-refractivity contribution < 1.29 is 4.42 Å². The molecular weight excluding hydrogens is 304 g/mol. The molecule has 4 rings (SSSR count). The second kappa shape index (κ2) is 6.24. The summed E-state index contributed by atoms with van der Waals surface area (Å²) in [6.45, 7) is 6.72. The molecule has 0 unspecified atom stereocenters. The van der Waals surface area contributed by atoms with Crippen molar-refractivity contribution in [3.05, 3.63) is 36.2 Å². The first-order valence-corrected chi connectivity index (χ1v) is 8.42. The lowest BCUT2D eigenvalue weighted by Gasteiger charge is -2.33. The van der Waals surface area contributed by atoms with Gasteiger partial charge in [-0.3, -0.25) is 0 Å². The summed E-state index contributed by atoms with van der Waals surface area (Å²) >= 11 is 0. The van der Waals surface area contributed by atoms with Gasteiger partial charge < -0.3 is 14.2 Å². The average molecular weight is 326 g/mol. The highest BCUT2D eigenvalue weighted by atomic mass is 16.3. The molecule has 4 heterocycles. The third kappa shape index (κ3) is 2.75. The van der Waals surface area contributed by atoms with Crippen molar-refractivity contribution in [3.63, 3.8) is 0 Å². The van der Waals surface area contributed by atoms with E-state index in [1.807, 2.05) is 23.0 Å². The molecule has 7 nitrogen and oxygen atoms in total. The number of furan rings is 1. The van der Waals surface area contributed by atoms with Gasteiger partial charge in [-0.25, -0.2) is 14.6 Å². The molecule has 126 valence electrons. The van der Waals surface area contributed by atoms with E-state index in [0.717, 1.165) is 61.0 Å². The summed E-state index contributed by atoms with van der Waals surface area (Å²) < 4.78 is 7.68. The quantitative estimate of drug-likeness (QED) is 0.728. The summed E-state index contributed by atoms with van der Waals surface area (Å²) in [4.78, 5) is 13.6. The molecule has 0 amide bonds. The van der Waals surface area contributed by atoms with Gasteiger partial charge in [0.15, 0.2) is 5.65 Å². The fraction of sp³-hybridized carbons (Fsp3) is 0.471. The number of anilines is 1. The van der Waals surface area contributed by atoms with Gasteiger partial charge in [-0.05, 0) is 19.2 Å². The Morgan fingerprint density at radius 1 is 1.08 bits per heavy atom. The van der Waals surface area contributed by atoms with Gasteiger partial charge >= 0.3 is 0 Å². The number of aromatic nitrogens is 4. The number of likely N-dealkylation sites (N-methyl/N-ethyl adjacent to an activating group) is 1. The first kappa shape index (κ1) is 15.1. The number of hydrogen-bond acceptors (Lipinski definition) is 6. The topological polar surface area (TPSA) is 63.2 Å². The molecule has 3 aromatic rings. The smallest absolute Gasteiger partial charge is 0.163 e. The summed E-state index contributed by atoms with van der Waals surface area (Å²) in [5, 5.41) is 5.52. The molecule has 0 aliphatic carbocycles. The van der Waals surface area contributed by atoms with Gasteiger partial charge in [0.25, 0.3) is 0 Å². The normalized spacial score (nSPS) is 16.2. The lowest BCUT2D eigenvalue weighted by atomic mass is 10.3. The maximum absolute atomic E-state index is 5.79. The monoisotopic (exact) mass is 326 g/mol. The minimum Gasteiger partial charge on any atom is -0.464 e. The average Bonchev–Trinajstić information content (AvgIpc) is 3.23. The summed E-state index contributed by atoms with van der Waals surface area (Å²) in [5.74, 6) is 2.87. The van der Waals surface area contributed by atoms with Gasteiger partial charge in [0.1, 0.15) is 30.2 Å². The molecule has 0 bridgehead atoms. The van der Waals surface area contributed by atoms with Crippen LogP contribution in [-0.2, 0) is 13.0 Å². The third-order valence-electron chi connectivity index (χ3n) is 4.59. The van der Waals surface area contributed by atoms with Crippen LogP contribution < -0.4 is 4.90 Å². The number of nitrogens with zero attached hydrogens (tertiary/aromatic N) is 6. The molecular formula is C17H22N6O. The van der Waals surface area contributed by atoms with E-state index >= 15 is 0 Å². The number of fused-ring (bicyclic) bond motifs is 1. The minimum atomic E-state index is 0.586. The van der Waals surface area contributed by atoms with Crippen LogP contribution in [-0.4, -0.2) is 57.9 Å². The maximum Gasteiger partial charge on any atom is 0.163 e. The second-order valence-corrected chi connectivity index (χ2v) is 6.25. The van der Waals surface area contributed by atoms with E-state index < -0.39 is 0 Å². The van der Waals surface area contributed by atoms with Crippen LogP contribution in [0.15, 0.2) is 29.1 Å². The van der Waals surface area contributed by atoms with Crippen LogP contribution in [0.5, 0.6) is 0 Å². The third-order valence-corrected chi connectivity index (χ3v) is 4.59. The molecule has 24 heavy (non-hydrogen) atoms. The van der Waals surface area contributed by atoms with Crippen LogP contribution in [0, 0.1) is 0 Å². The molecule has 3 aromatic heterocycles. The molecule has 0 radical (unpaired) electrons. The molecule has 0 spiro atoms. The Kier molecular flexibility index (Phi) is 3.93. The van der Waals surface area contributed by atoms with Gasteiger partial charge in [-0.15, -0.1) is 0 Å². The van der Waals surface area contributed by atoms with Gasteiger partial charge in [-0.1, -0.05) is 6.92 Å². The number of rotatable bonds is 4. The largest absolute Gasteiger partial charge is 0.464 e. The molecule has 7 heteroatoms. The predicted octanol–water partition coefficient (Wildman–Crippen LogP) is 1.78. The van der Waals surface area contributed by atoms with Gasteiger partial charge in [0.2, 0.25) is 0 Å². The Balaban J connectivity index is 1.63. The van der Waals surface area contributed by atoms with Gasteiger partial charge in [0.05, 0.1) is 11.6 Å². The SMILES string of the molecule is CCc1ccc(Cn2ncc3c(N4CCN(C)CC4)ncnc32)o1. The summed E-state index contributed by atoms with van der Waals surface area (Å²) in [7, 11) is 2.15. The molecule has 1 saturated heterocycles. The van der Waals surface area contributed by atoms with Gasteiger partial charge in [0, 0.05) is 32.6 Å². The van der Waals surface area contributed by atoms with E-state index in [-0.39, 0.29) is 0 Å². The molecule has 0 N–H and O–H groups in total. The molecule has 0 saturated carbocycles. The van der Waals surface area contributed by atoms with Crippen molar-refractivity contribution in [2.75, 3.05) is 38.1 Å². The Bertz CT molecular complexity index is 831.